The summed E-state index contributed by atoms with van der Waals surface area (Å²) >= 11 is 0. The van der Waals surface area contributed by atoms with Crippen molar-refractivity contribution in [1.82, 2.24) is 19.1 Å². The van der Waals surface area contributed by atoms with E-state index >= 15 is 0 Å². The zero-order chi connectivity index (χ0) is 19.7. The molecule has 4 rings (SSSR count). The second-order valence-electron chi connectivity index (χ2n) is 6.67. The minimum absolute atomic E-state index is 0.0954. The van der Waals surface area contributed by atoms with Crippen LogP contribution in [0.4, 0.5) is 0 Å². The fourth-order valence-electron chi connectivity index (χ4n) is 3.18. The number of aromatic nitrogens is 3. The van der Waals surface area contributed by atoms with E-state index in [1.54, 1.807) is 43.5 Å². The fourth-order valence-corrected chi connectivity index (χ4v) is 3.18. The molecule has 142 valence electrons. The second kappa shape index (κ2) is 7.19. The summed E-state index contributed by atoms with van der Waals surface area (Å²) < 4.78 is 7.86. The third-order valence-electron chi connectivity index (χ3n) is 4.73. The molecular formula is C21H20N4O3. The van der Waals surface area contributed by atoms with Gasteiger partial charge in [0, 0.05) is 19.8 Å². The zero-order valence-corrected chi connectivity index (χ0v) is 15.7. The number of carbonyl (C=O) groups excluding carboxylic acids is 1. The van der Waals surface area contributed by atoms with E-state index < -0.39 is 0 Å². The smallest absolute Gasteiger partial charge is 0.350 e. The molecule has 0 saturated heterocycles. The number of benzene rings is 2. The first kappa shape index (κ1) is 17.8. The summed E-state index contributed by atoms with van der Waals surface area (Å²) in [6.07, 6.45) is 1.64. The molecule has 0 spiro atoms. The Balaban J connectivity index is 1.50. The molecular weight excluding hydrogens is 356 g/mol. The second-order valence-corrected chi connectivity index (χ2v) is 6.67. The van der Waals surface area contributed by atoms with Crippen molar-refractivity contribution >= 4 is 22.3 Å². The summed E-state index contributed by atoms with van der Waals surface area (Å²) in [5.74, 6) is 0.630. The zero-order valence-electron chi connectivity index (χ0n) is 15.7. The summed E-state index contributed by atoms with van der Waals surface area (Å²) in [6, 6.07) is 17.2. The molecule has 4 aromatic rings. The molecule has 0 unspecified atom stereocenters. The van der Waals surface area contributed by atoms with Gasteiger partial charge in [0.05, 0.1) is 7.11 Å². The Bertz CT molecular complexity index is 1230. The molecule has 2 heterocycles. The molecule has 2 aromatic heterocycles. The third-order valence-corrected chi connectivity index (χ3v) is 4.73. The van der Waals surface area contributed by atoms with Crippen LogP contribution >= 0.6 is 0 Å². The largest absolute Gasteiger partial charge is 0.497 e. The van der Waals surface area contributed by atoms with Gasteiger partial charge < -0.3 is 9.64 Å². The number of likely N-dealkylation sites (N-methyl/N-ethyl adjacent to an activating group) is 1. The molecule has 0 saturated carbocycles. The predicted octanol–water partition coefficient (Wildman–Crippen LogP) is 2.32. The molecule has 0 N–H and O–H groups in total. The maximum Gasteiger partial charge on any atom is 0.350 e. The lowest BCUT2D eigenvalue weighted by atomic mass is 10.1. The van der Waals surface area contributed by atoms with Gasteiger partial charge in [-0.15, -0.1) is 5.10 Å². The predicted molar refractivity (Wildman–Crippen MR) is 106 cm³/mol. The van der Waals surface area contributed by atoms with Crippen LogP contribution in [0.3, 0.4) is 0 Å². The number of hydrogen-bond acceptors (Lipinski definition) is 4. The van der Waals surface area contributed by atoms with Gasteiger partial charge in [-0.05, 0) is 46.7 Å². The van der Waals surface area contributed by atoms with E-state index in [-0.39, 0.29) is 18.1 Å². The van der Waals surface area contributed by atoms with Gasteiger partial charge in [0.25, 0.3) is 0 Å². The summed E-state index contributed by atoms with van der Waals surface area (Å²) in [5.41, 5.74) is 1.21. The minimum atomic E-state index is -0.322. The Morgan fingerprint density at radius 1 is 1.11 bits per heavy atom. The van der Waals surface area contributed by atoms with Crippen LogP contribution in [0.25, 0.3) is 16.4 Å². The monoisotopic (exact) mass is 376 g/mol. The summed E-state index contributed by atoms with van der Waals surface area (Å²) in [7, 11) is 3.37. The normalized spacial score (nSPS) is 11.1. The van der Waals surface area contributed by atoms with Gasteiger partial charge in [0.15, 0.2) is 5.65 Å². The van der Waals surface area contributed by atoms with Crippen LogP contribution in [-0.4, -0.2) is 39.1 Å². The highest BCUT2D eigenvalue weighted by Crippen LogP contribution is 2.22. The van der Waals surface area contributed by atoms with Gasteiger partial charge in [-0.1, -0.05) is 24.3 Å². The van der Waals surface area contributed by atoms with Gasteiger partial charge in [0.1, 0.15) is 12.3 Å². The average molecular weight is 376 g/mol. The van der Waals surface area contributed by atoms with E-state index in [1.807, 2.05) is 30.3 Å². The number of pyridine rings is 1. The lowest BCUT2D eigenvalue weighted by Crippen LogP contribution is -2.33. The van der Waals surface area contributed by atoms with Crippen molar-refractivity contribution in [3.8, 4) is 5.75 Å². The average Bonchev–Trinajstić information content (AvgIpc) is 3.03. The van der Waals surface area contributed by atoms with Gasteiger partial charge in [-0.25, -0.2) is 9.48 Å². The van der Waals surface area contributed by atoms with Gasteiger partial charge in [0.2, 0.25) is 5.91 Å². The first-order valence-electron chi connectivity index (χ1n) is 8.90. The van der Waals surface area contributed by atoms with E-state index in [1.165, 1.54) is 9.08 Å². The Kier molecular flexibility index (Phi) is 4.57. The van der Waals surface area contributed by atoms with Crippen LogP contribution in [0.1, 0.15) is 5.56 Å². The SMILES string of the molecule is COc1ccc2cc(CN(C)C(=O)Cn3nc4ccccn4c3=O)ccc2c1. The van der Waals surface area contributed by atoms with Gasteiger partial charge in [-0.3, -0.25) is 9.20 Å². The molecule has 0 fully saturated rings. The lowest BCUT2D eigenvalue weighted by Gasteiger charge is -2.17. The molecule has 0 aliphatic carbocycles. The number of hydrogen-bond donors (Lipinski definition) is 0. The van der Waals surface area contributed by atoms with Gasteiger partial charge in [-0.2, -0.15) is 0 Å². The maximum atomic E-state index is 12.6. The van der Waals surface area contributed by atoms with Crippen LogP contribution in [0, 0.1) is 0 Å². The molecule has 2 aromatic carbocycles. The number of fused-ring (bicyclic) bond motifs is 2. The fraction of sp³-hybridized carbons (Fsp3) is 0.190. The summed E-state index contributed by atoms with van der Waals surface area (Å²) in [4.78, 5) is 26.5. The Hall–Kier alpha value is -3.61. The van der Waals surface area contributed by atoms with Gasteiger partial charge >= 0.3 is 5.69 Å². The van der Waals surface area contributed by atoms with Crippen molar-refractivity contribution in [2.24, 2.45) is 0 Å². The maximum absolute atomic E-state index is 12.6. The molecule has 7 heteroatoms. The number of nitrogens with zero attached hydrogens (tertiary/aromatic N) is 4. The Morgan fingerprint density at radius 2 is 1.89 bits per heavy atom. The first-order chi connectivity index (χ1) is 13.5. The lowest BCUT2D eigenvalue weighted by molar-refractivity contribution is -0.131. The highest BCUT2D eigenvalue weighted by Gasteiger charge is 2.14. The third kappa shape index (κ3) is 3.34. The van der Waals surface area contributed by atoms with E-state index in [4.69, 9.17) is 4.74 Å². The first-order valence-corrected chi connectivity index (χ1v) is 8.90. The number of methoxy groups -OCH3 is 1. The Morgan fingerprint density at radius 3 is 2.68 bits per heavy atom. The van der Waals surface area contributed by atoms with Crippen LogP contribution in [0.15, 0.2) is 65.6 Å². The molecule has 0 atom stereocenters. The van der Waals surface area contributed by atoms with Crippen LogP contribution in [0.5, 0.6) is 5.75 Å². The summed E-state index contributed by atoms with van der Waals surface area (Å²) in [5, 5.41) is 6.36. The van der Waals surface area contributed by atoms with Crippen molar-refractivity contribution in [3.05, 3.63) is 76.8 Å². The van der Waals surface area contributed by atoms with Crippen molar-refractivity contribution < 1.29 is 9.53 Å². The molecule has 1 amide bonds. The minimum Gasteiger partial charge on any atom is -0.497 e. The van der Waals surface area contributed by atoms with Crippen molar-refractivity contribution in [3.63, 3.8) is 0 Å². The molecule has 0 aliphatic rings. The number of carbonyl (C=O) groups is 1. The van der Waals surface area contributed by atoms with E-state index in [2.05, 4.69) is 11.2 Å². The standard InChI is InChI=1S/C21H20N4O3/c1-23(13-15-6-7-17-12-18(28-2)9-8-16(17)11-15)20(26)14-25-21(27)24-10-4-3-5-19(24)22-25/h3-12H,13-14H2,1-2H3. The van der Waals surface area contributed by atoms with Crippen LogP contribution in [-0.2, 0) is 17.9 Å². The highest BCUT2D eigenvalue weighted by molar-refractivity contribution is 5.84. The van der Waals surface area contributed by atoms with E-state index in [0.717, 1.165) is 22.1 Å². The molecule has 0 aliphatic heterocycles. The molecule has 28 heavy (non-hydrogen) atoms. The molecule has 0 bridgehead atoms. The van der Waals surface area contributed by atoms with Crippen molar-refractivity contribution in [2.45, 2.75) is 13.1 Å². The van der Waals surface area contributed by atoms with Crippen LogP contribution in [0.2, 0.25) is 0 Å². The van der Waals surface area contributed by atoms with Crippen molar-refractivity contribution in [2.75, 3.05) is 14.2 Å². The number of rotatable bonds is 5. The topological polar surface area (TPSA) is 68.8 Å². The molecule has 7 nitrogen and oxygen atoms in total. The van der Waals surface area contributed by atoms with Crippen molar-refractivity contribution in [1.29, 1.82) is 0 Å². The highest BCUT2D eigenvalue weighted by atomic mass is 16.5. The van der Waals surface area contributed by atoms with E-state index in [0.29, 0.717) is 12.2 Å². The van der Waals surface area contributed by atoms with E-state index in [9.17, 15) is 9.59 Å². The summed E-state index contributed by atoms with van der Waals surface area (Å²) in [6.45, 7) is 0.352. The molecule has 0 radical (unpaired) electrons. The Labute approximate surface area is 161 Å². The van der Waals surface area contributed by atoms with Crippen LogP contribution < -0.4 is 10.4 Å². The quantitative estimate of drug-likeness (QED) is 0.536. The number of amides is 1. The number of ether oxygens (including phenoxy) is 1.